The molecular formula is C8H11NS. The molecule has 1 aromatic heterocycles. The molecule has 2 heteroatoms. The fourth-order valence-corrected chi connectivity index (χ4v) is 2.28. The zero-order chi connectivity index (χ0) is 6.81. The van der Waals surface area contributed by atoms with Crippen LogP contribution in [0.15, 0.2) is 12.1 Å². The first kappa shape index (κ1) is 6.38. The smallest absolute Gasteiger partial charge is 0.0299 e. The molecule has 2 rings (SSSR count). The summed E-state index contributed by atoms with van der Waals surface area (Å²) in [6, 6.07) is 4.49. The number of thiophene rings is 1. The van der Waals surface area contributed by atoms with Crippen LogP contribution in [0.3, 0.4) is 0 Å². The summed E-state index contributed by atoms with van der Waals surface area (Å²) in [4.78, 5) is 3.03. The second-order valence-corrected chi connectivity index (χ2v) is 3.90. The molecule has 1 nitrogen and oxygen atoms in total. The van der Waals surface area contributed by atoms with Crippen LogP contribution in [0.25, 0.3) is 0 Å². The second-order valence-electron chi connectivity index (χ2n) is 2.65. The zero-order valence-corrected chi connectivity index (χ0v) is 6.71. The van der Waals surface area contributed by atoms with Gasteiger partial charge in [-0.1, -0.05) is 0 Å². The summed E-state index contributed by atoms with van der Waals surface area (Å²) in [6.07, 6.45) is 2.55. The molecule has 1 aromatic rings. The summed E-state index contributed by atoms with van der Waals surface area (Å²) in [7, 11) is 0. The minimum Gasteiger partial charge on any atom is -0.312 e. The summed E-state index contributed by atoms with van der Waals surface area (Å²) in [6.45, 7) is 2.25. The Hall–Kier alpha value is -0.340. The quantitative estimate of drug-likeness (QED) is 0.599. The normalized spacial score (nSPS) is 18.0. The maximum atomic E-state index is 3.39. The first-order valence-electron chi connectivity index (χ1n) is 3.73. The zero-order valence-electron chi connectivity index (χ0n) is 5.89. The van der Waals surface area contributed by atoms with E-state index in [1.54, 1.807) is 4.88 Å². The van der Waals surface area contributed by atoms with Crippen molar-refractivity contribution in [3.8, 4) is 0 Å². The molecule has 0 aromatic carbocycles. The van der Waals surface area contributed by atoms with E-state index in [1.807, 2.05) is 11.3 Å². The van der Waals surface area contributed by atoms with Crippen LogP contribution in [-0.4, -0.2) is 6.54 Å². The predicted molar refractivity (Wildman–Crippen MR) is 44.3 cm³/mol. The molecule has 0 radical (unpaired) electrons. The molecule has 1 aliphatic rings. The molecular weight excluding hydrogens is 142 g/mol. The molecule has 2 heterocycles. The van der Waals surface area contributed by atoms with E-state index in [0.717, 1.165) is 6.54 Å². The summed E-state index contributed by atoms with van der Waals surface area (Å²) in [5, 5.41) is 3.39. The fraction of sp³-hybridized carbons (Fsp3) is 0.500. The molecule has 54 valence electrons. The lowest BCUT2D eigenvalue weighted by Gasteiger charge is -2.04. The van der Waals surface area contributed by atoms with E-state index in [4.69, 9.17) is 0 Å². The fourth-order valence-electron chi connectivity index (χ4n) is 1.25. The SMILES string of the molecule is c1cc2sc1CCCNC2. The monoisotopic (exact) mass is 153 g/mol. The third-order valence-electron chi connectivity index (χ3n) is 1.79. The Bertz CT molecular complexity index is 196. The molecule has 10 heavy (non-hydrogen) atoms. The largest absolute Gasteiger partial charge is 0.312 e. The topological polar surface area (TPSA) is 12.0 Å². The van der Waals surface area contributed by atoms with Gasteiger partial charge in [0.1, 0.15) is 0 Å². The van der Waals surface area contributed by atoms with E-state index in [0.29, 0.717) is 0 Å². The van der Waals surface area contributed by atoms with E-state index >= 15 is 0 Å². The summed E-state index contributed by atoms with van der Waals surface area (Å²) >= 11 is 1.95. The van der Waals surface area contributed by atoms with Crippen molar-refractivity contribution in [2.75, 3.05) is 6.54 Å². The number of hydrogen-bond donors (Lipinski definition) is 1. The lowest BCUT2D eigenvalue weighted by molar-refractivity contribution is 0.656. The van der Waals surface area contributed by atoms with Gasteiger partial charge in [0.25, 0.3) is 0 Å². The molecule has 1 N–H and O–H groups in total. The van der Waals surface area contributed by atoms with Crippen LogP contribution in [0.5, 0.6) is 0 Å². The van der Waals surface area contributed by atoms with Crippen LogP contribution in [0.2, 0.25) is 0 Å². The van der Waals surface area contributed by atoms with E-state index in [2.05, 4.69) is 17.4 Å². The molecule has 0 saturated heterocycles. The number of fused-ring (bicyclic) bond motifs is 2. The molecule has 0 aliphatic carbocycles. The van der Waals surface area contributed by atoms with Gasteiger partial charge in [0.15, 0.2) is 0 Å². The highest BCUT2D eigenvalue weighted by molar-refractivity contribution is 7.11. The molecule has 0 unspecified atom stereocenters. The number of rotatable bonds is 0. The highest BCUT2D eigenvalue weighted by Crippen LogP contribution is 2.19. The number of nitrogens with one attached hydrogen (secondary N) is 1. The third-order valence-corrected chi connectivity index (χ3v) is 2.94. The average molecular weight is 153 g/mol. The van der Waals surface area contributed by atoms with Gasteiger partial charge in [0.2, 0.25) is 0 Å². The minimum absolute atomic E-state index is 1.07. The highest BCUT2D eigenvalue weighted by atomic mass is 32.1. The molecule has 0 spiro atoms. The molecule has 0 atom stereocenters. The van der Waals surface area contributed by atoms with Crippen LogP contribution in [0.1, 0.15) is 16.2 Å². The average Bonchev–Trinajstić information content (AvgIpc) is 2.30. The van der Waals surface area contributed by atoms with E-state index < -0.39 is 0 Å². The van der Waals surface area contributed by atoms with Gasteiger partial charge in [-0.05, 0) is 31.5 Å². The Labute approximate surface area is 65.1 Å². The second kappa shape index (κ2) is 2.72. The van der Waals surface area contributed by atoms with Crippen molar-refractivity contribution in [1.29, 1.82) is 0 Å². The molecule has 0 saturated carbocycles. The lowest BCUT2D eigenvalue weighted by atomic mass is 10.3. The van der Waals surface area contributed by atoms with Crippen molar-refractivity contribution < 1.29 is 0 Å². The number of hydrogen-bond acceptors (Lipinski definition) is 2. The van der Waals surface area contributed by atoms with Crippen LogP contribution < -0.4 is 5.32 Å². The maximum absolute atomic E-state index is 3.39. The van der Waals surface area contributed by atoms with Gasteiger partial charge in [-0.15, -0.1) is 11.3 Å². The molecule has 2 bridgehead atoms. The first-order valence-corrected chi connectivity index (χ1v) is 4.55. The van der Waals surface area contributed by atoms with Gasteiger partial charge in [0, 0.05) is 16.3 Å². The third kappa shape index (κ3) is 1.22. The van der Waals surface area contributed by atoms with Gasteiger partial charge in [-0.3, -0.25) is 0 Å². The summed E-state index contributed by atoms with van der Waals surface area (Å²) in [5.41, 5.74) is 0. The van der Waals surface area contributed by atoms with Gasteiger partial charge in [-0.25, -0.2) is 0 Å². The molecule has 0 fully saturated rings. The van der Waals surface area contributed by atoms with Gasteiger partial charge in [-0.2, -0.15) is 0 Å². The van der Waals surface area contributed by atoms with E-state index in [-0.39, 0.29) is 0 Å². The highest BCUT2D eigenvalue weighted by Gasteiger charge is 2.02. The Morgan fingerprint density at radius 3 is 3.20 bits per heavy atom. The van der Waals surface area contributed by atoms with Crippen LogP contribution in [0, 0.1) is 0 Å². The van der Waals surface area contributed by atoms with Crippen LogP contribution in [-0.2, 0) is 13.0 Å². The van der Waals surface area contributed by atoms with Crippen molar-refractivity contribution in [2.24, 2.45) is 0 Å². The summed E-state index contributed by atoms with van der Waals surface area (Å²) < 4.78 is 0. The molecule has 1 aliphatic heterocycles. The van der Waals surface area contributed by atoms with Gasteiger partial charge < -0.3 is 5.32 Å². The van der Waals surface area contributed by atoms with E-state index in [1.165, 1.54) is 24.3 Å². The maximum Gasteiger partial charge on any atom is 0.0299 e. The van der Waals surface area contributed by atoms with Gasteiger partial charge >= 0.3 is 0 Å². The summed E-state index contributed by atoms with van der Waals surface area (Å²) in [5.74, 6) is 0. The predicted octanol–water partition coefficient (Wildman–Crippen LogP) is 1.78. The standard InChI is InChI=1S/C8H11NS/c1-2-7-3-4-8(10-7)6-9-5-1/h3-4,9H,1-2,5-6H2. The van der Waals surface area contributed by atoms with Crippen LogP contribution >= 0.6 is 11.3 Å². The van der Waals surface area contributed by atoms with Crippen molar-refractivity contribution in [3.63, 3.8) is 0 Å². The van der Waals surface area contributed by atoms with Gasteiger partial charge in [0.05, 0.1) is 0 Å². The van der Waals surface area contributed by atoms with E-state index in [9.17, 15) is 0 Å². The van der Waals surface area contributed by atoms with Crippen molar-refractivity contribution in [3.05, 3.63) is 21.9 Å². The van der Waals surface area contributed by atoms with Crippen molar-refractivity contribution in [2.45, 2.75) is 19.4 Å². The van der Waals surface area contributed by atoms with Crippen molar-refractivity contribution >= 4 is 11.3 Å². The lowest BCUT2D eigenvalue weighted by Crippen LogP contribution is -2.14. The minimum atomic E-state index is 1.07. The Morgan fingerprint density at radius 2 is 2.20 bits per heavy atom. The molecule has 0 amide bonds. The van der Waals surface area contributed by atoms with Crippen LogP contribution in [0.4, 0.5) is 0 Å². The Morgan fingerprint density at radius 1 is 1.30 bits per heavy atom. The number of aryl methyl sites for hydroxylation is 1. The van der Waals surface area contributed by atoms with Crippen molar-refractivity contribution in [1.82, 2.24) is 5.32 Å². The first-order chi connectivity index (χ1) is 4.95. The Balaban J connectivity index is 2.25. The Kier molecular flexibility index (Phi) is 1.74.